The van der Waals surface area contributed by atoms with Gasteiger partial charge in [0.2, 0.25) is 0 Å². The molecule has 1 aromatic rings. The first-order valence-corrected chi connectivity index (χ1v) is 7.36. The van der Waals surface area contributed by atoms with Gasteiger partial charge < -0.3 is 5.32 Å². The summed E-state index contributed by atoms with van der Waals surface area (Å²) in [7, 11) is 1.97. The summed E-state index contributed by atoms with van der Waals surface area (Å²) in [6.45, 7) is 6.65. The Morgan fingerprint density at radius 1 is 1.47 bits per heavy atom. The lowest BCUT2D eigenvalue weighted by Crippen LogP contribution is -2.12. The van der Waals surface area contributed by atoms with E-state index in [4.69, 9.17) is 0 Å². The van der Waals surface area contributed by atoms with Crippen LogP contribution in [0.1, 0.15) is 37.5 Å². The van der Waals surface area contributed by atoms with E-state index in [0.29, 0.717) is 6.04 Å². The fraction of sp³-hybridized carbons (Fsp3) is 0.727. The Labute approximate surface area is 101 Å². The molecule has 0 saturated carbocycles. The molecular formula is C11H20N2S2. The van der Waals surface area contributed by atoms with E-state index in [1.807, 2.05) is 18.8 Å². The molecule has 1 atom stereocenters. The smallest absolute Gasteiger partial charge is 0.103 e. The van der Waals surface area contributed by atoms with Crippen LogP contribution in [0.25, 0.3) is 0 Å². The average molecular weight is 244 g/mol. The average Bonchev–Trinajstić information content (AvgIpc) is 2.65. The molecule has 1 unspecified atom stereocenters. The van der Waals surface area contributed by atoms with E-state index in [9.17, 15) is 0 Å². The van der Waals surface area contributed by atoms with Crippen molar-refractivity contribution >= 4 is 23.1 Å². The summed E-state index contributed by atoms with van der Waals surface area (Å²) in [5.74, 6) is 3.04. The van der Waals surface area contributed by atoms with Gasteiger partial charge in [0.25, 0.3) is 0 Å². The lowest BCUT2D eigenvalue weighted by Gasteiger charge is -2.05. The topological polar surface area (TPSA) is 24.9 Å². The zero-order valence-electron chi connectivity index (χ0n) is 9.91. The first-order chi connectivity index (χ1) is 7.13. The predicted molar refractivity (Wildman–Crippen MR) is 70.6 cm³/mol. The minimum absolute atomic E-state index is 0.366. The number of thiazole rings is 1. The molecule has 0 aliphatic carbocycles. The van der Waals surface area contributed by atoms with Crippen LogP contribution in [-0.4, -0.2) is 17.8 Å². The summed E-state index contributed by atoms with van der Waals surface area (Å²) in [6.07, 6.45) is 0. The normalized spacial score (nSPS) is 13.4. The van der Waals surface area contributed by atoms with Crippen LogP contribution < -0.4 is 5.32 Å². The van der Waals surface area contributed by atoms with Crippen LogP contribution in [0.2, 0.25) is 0 Å². The zero-order valence-corrected chi connectivity index (χ0v) is 11.5. The maximum Gasteiger partial charge on any atom is 0.103 e. The Kier molecular flexibility index (Phi) is 5.64. The molecule has 0 aromatic carbocycles. The summed E-state index contributed by atoms with van der Waals surface area (Å²) in [4.78, 5) is 4.61. The predicted octanol–water partition coefficient (Wildman–Crippen LogP) is 3.31. The van der Waals surface area contributed by atoms with E-state index in [-0.39, 0.29) is 0 Å². The number of aromatic nitrogens is 1. The largest absolute Gasteiger partial charge is 0.312 e. The number of nitrogens with zero attached hydrogens (tertiary/aromatic N) is 1. The molecule has 4 heteroatoms. The third-order valence-electron chi connectivity index (χ3n) is 2.12. The highest BCUT2D eigenvalue weighted by Crippen LogP contribution is 2.21. The Morgan fingerprint density at radius 2 is 2.20 bits per heavy atom. The maximum atomic E-state index is 4.61. The molecule has 0 fully saturated rings. The molecule has 1 rings (SSSR count). The number of hydrogen-bond acceptors (Lipinski definition) is 4. The van der Waals surface area contributed by atoms with Crippen LogP contribution in [0.4, 0.5) is 0 Å². The minimum Gasteiger partial charge on any atom is -0.312 e. The number of thioether (sulfide) groups is 1. The molecule has 15 heavy (non-hydrogen) atoms. The van der Waals surface area contributed by atoms with Gasteiger partial charge in [-0.05, 0) is 25.6 Å². The SMILES string of the molecule is CNC(C)c1csc(CSCC(C)C)n1. The molecule has 0 aliphatic rings. The van der Waals surface area contributed by atoms with Crippen molar-refractivity contribution in [3.05, 3.63) is 16.1 Å². The highest BCUT2D eigenvalue weighted by atomic mass is 32.2. The van der Waals surface area contributed by atoms with Crippen LogP contribution in [-0.2, 0) is 5.75 Å². The zero-order chi connectivity index (χ0) is 11.3. The van der Waals surface area contributed by atoms with Gasteiger partial charge in [0.05, 0.1) is 5.69 Å². The van der Waals surface area contributed by atoms with Crippen molar-refractivity contribution < 1.29 is 0 Å². The van der Waals surface area contributed by atoms with Gasteiger partial charge in [-0.15, -0.1) is 11.3 Å². The lowest BCUT2D eigenvalue weighted by molar-refractivity contribution is 0.635. The number of rotatable bonds is 6. The molecule has 0 bridgehead atoms. The second kappa shape index (κ2) is 6.51. The van der Waals surface area contributed by atoms with Crippen molar-refractivity contribution in [2.75, 3.05) is 12.8 Å². The quantitative estimate of drug-likeness (QED) is 0.831. The van der Waals surface area contributed by atoms with Crippen molar-refractivity contribution in [1.29, 1.82) is 0 Å². The van der Waals surface area contributed by atoms with Gasteiger partial charge in [0.1, 0.15) is 5.01 Å². The molecule has 0 saturated heterocycles. The molecule has 0 radical (unpaired) electrons. The first kappa shape index (κ1) is 13.0. The van der Waals surface area contributed by atoms with Crippen LogP contribution in [0.3, 0.4) is 0 Å². The Hall–Kier alpha value is -0.0600. The molecule has 0 amide bonds. The third kappa shape index (κ3) is 4.53. The van der Waals surface area contributed by atoms with Crippen molar-refractivity contribution in [2.24, 2.45) is 5.92 Å². The fourth-order valence-electron chi connectivity index (χ4n) is 1.12. The summed E-state index contributed by atoms with van der Waals surface area (Å²) in [5.41, 5.74) is 1.17. The second-order valence-electron chi connectivity index (χ2n) is 4.09. The van der Waals surface area contributed by atoms with Crippen LogP contribution >= 0.6 is 23.1 Å². The van der Waals surface area contributed by atoms with E-state index in [1.54, 1.807) is 11.3 Å². The minimum atomic E-state index is 0.366. The molecule has 0 spiro atoms. The fourth-order valence-corrected chi connectivity index (χ4v) is 3.14. The molecular weight excluding hydrogens is 224 g/mol. The van der Waals surface area contributed by atoms with Crippen molar-refractivity contribution in [3.8, 4) is 0 Å². The van der Waals surface area contributed by atoms with Gasteiger partial charge in [0, 0.05) is 17.2 Å². The standard InChI is InChI=1S/C11H20N2S2/c1-8(2)5-14-7-11-13-10(6-15-11)9(3)12-4/h6,8-9,12H,5,7H2,1-4H3. The Balaban J connectivity index is 2.39. The summed E-state index contributed by atoms with van der Waals surface area (Å²) < 4.78 is 0. The van der Waals surface area contributed by atoms with Crippen molar-refractivity contribution in [2.45, 2.75) is 32.6 Å². The van der Waals surface area contributed by atoms with E-state index in [2.05, 4.69) is 36.5 Å². The Morgan fingerprint density at radius 3 is 2.80 bits per heavy atom. The highest BCUT2D eigenvalue weighted by Gasteiger charge is 2.07. The van der Waals surface area contributed by atoms with Gasteiger partial charge in [-0.3, -0.25) is 0 Å². The van der Waals surface area contributed by atoms with Gasteiger partial charge in [-0.1, -0.05) is 13.8 Å². The number of nitrogens with one attached hydrogen (secondary N) is 1. The molecule has 2 nitrogen and oxygen atoms in total. The summed E-state index contributed by atoms with van der Waals surface area (Å²) >= 11 is 3.75. The van der Waals surface area contributed by atoms with Gasteiger partial charge in [0.15, 0.2) is 0 Å². The third-order valence-corrected chi connectivity index (χ3v) is 4.55. The lowest BCUT2D eigenvalue weighted by atomic mass is 10.3. The summed E-state index contributed by atoms with van der Waals surface area (Å²) in [5, 5.41) is 6.61. The first-order valence-electron chi connectivity index (χ1n) is 5.32. The van der Waals surface area contributed by atoms with Gasteiger partial charge in [-0.25, -0.2) is 4.98 Å². The molecule has 0 aliphatic heterocycles. The monoisotopic (exact) mass is 244 g/mol. The molecule has 1 heterocycles. The molecule has 86 valence electrons. The maximum absolute atomic E-state index is 4.61. The van der Waals surface area contributed by atoms with E-state index < -0.39 is 0 Å². The highest BCUT2D eigenvalue weighted by molar-refractivity contribution is 7.98. The molecule has 1 N–H and O–H groups in total. The van der Waals surface area contributed by atoms with E-state index in [0.717, 1.165) is 11.7 Å². The van der Waals surface area contributed by atoms with Gasteiger partial charge >= 0.3 is 0 Å². The second-order valence-corrected chi connectivity index (χ2v) is 6.06. The van der Waals surface area contributed by atoms with E-state index in [1.165, 1.54) is 16.5 Å². The number of hydrogen-bond donors (Lipinski definition) is 1. The molecule has 1 aromatic heterocycles. The van der Waals surface area contributed by atoms with Crippen LogP contribution in [0.15, 0.2) is 5.38 Å². The van der Waals surface area contributed by atoms with Crippen LogP contribution in [0.5, 0.6) is 0 Å². The summed E-state index contributed by atoms with van der Waals surface area (Å²) in [6, 6.07) is 0.366. The van der Waals surface area contributed by atoms with Crippen molar-refractivity contribution in [1.82, 2.24) is 10.3 Å². The van der Waals surface area contributed by atoms with Crippen LogP contribution in [0, 0.1) is 5.92 Å². The van der Waals surface area contributed by atoms with E-state index >= 15 is 0 Å². The van der Waals surface area contributed by atoms with Crippen molar-refractivity contribution in [3.63, 3.8) is 0 Å². The Bertz CT molecular complexity index is 284. The van der Waals surface area contributed by atoms with Gasteiger partial charge in [-0.2, -0.15) is 11.8 Å².